The summed E-state index contributed by atoms with van der Waals surface area (Å²) in [4.78, 5) is 0. The van der Waals surface area contributed by atoms with Gasteiger partial charge in [0.25, 0.3) is 0 Å². The van der Waals surface area contributed by atoms with Crippen LogP contribution in [0.5, 0.6) is 0 Å². The normalized spacial score (nSPS) is 12.7. The molecule has 90 valence electrons. The van der Waals surface area contributed by atoms with E-state index in [9.17, 15) is 0 Å². The molecule has 1 aromatic carbocycles. The second kappa shape index (κ2) is 7.42. The van der Waals surface area contributed by atoms with Crippen molar-refractivity contribution in [2.75, 3.05) is 6.61 Å². The lowest BCUT2D eigenvalue weighted by molar-refractivity contribution is 0.0893. The van der Waals surface area contributed by atoms with Gasteiger partial charge in [-0.05, 0) is 23.5 Å². The maximum atomic E-state index is 5.68. The van der Waals surface area contributed by atoms with Gasteiger partial charge < -0.3 is 10.5 Å². The van der Waals surface area contributed by atoms with E-state index in [1.807, 2.05) is 0 Å². The molecule has 0 bridgehead atoms. The summed E-state index contributed by atoms with van der Waals surface area (Å²) < 4.78 is 5.68. The second-order valence-electron chi connectivity index (χ2n) is 4.43. The van der Waals surface area contributed by atoms with Gasteiger partial charge in [0.05, 0.1) is 6.61 Å². The van der Waals surface area contributed by atoms with Gasteiger partial charge in [0, 0.05) is 13.2 Å². The van der Waals surface area contributed by atoms with Crippen LogP contribution in [0.15, 0.2) is 24.3 Å². The van der Waals surface area contributed by atoms with E-state index in [4.69, 9.17) is 10.5 Å². The zero-order chi connectivity index (χ0) is 11.8. The fourth-order valence-electron chi connectivity index (χ4n) is 1.73. The zero-order valence-electron chi connectivity index (χ0n) is 10.4. The van der Waals surface area contributed by atoms with Crippen LogP contribution in [0, 0.1) is 5.92 Å². The molecular formula is C14H23NO. The largest absolute Gasteiger partial charge is 0.376 e. The van der Waals surface area contributed by atoms with Crippen LogP contribution >= 0.6 is 0 Å². The molecule has 0 aliphatic rings. The Morgan fingerprint density at radius 3 is 2.38 bits per heavy atom. The Bertz CT molecular complexity index is 281. The molecule has 1 aromatic rings. The molecule has 1 rings (SSSR count). The average Bonchev–Trinajstić information content (AvgIpc) is 2.30. The van der Waals surface area contributed by atoms with Gasteiger partial charge in [-0.25, -0.2) is 0 Å². The lowest BCUT2D eigenvalue weighted by Gasteiger charge is -2.10. The van der Waals surface area contributed by atoms with Gasteiger partial charge in [-0.2, -0.15) is 0 Å². The zero-order valence-corrected chi connectivity index (χ0v) is 10.4. The van der Waals surface area contributed by atoms with Crippen molar-refractivity contribution in [1.82, 2.24) is 0 Å². The van der Waals surface area contributed by atoms with Gasteiger partial charge in [-0.1, -0.05) is 44.5 Å². The summed E-state index contributed by atoms with van der Waals surface area (Å²) in [6.45, 7) is 6.61. The van der Waals surface area contributed by atoms with Gasteiger partial charge in [0.2, 0.25) is 0 Å². The molecule has 1 atom stereocenters. The van der Waals surface area contributed by atoms with Gasteiger partial charge in [0.1, 0.15) is 0 Å². The molecule has 0 fully saturated rings. The highest BCUT2D eigenvalue weighted by atomic mass is 16.5. The SMILES string of the molecule is CCCC(C)COCc1ccc(CN)cc1. The Balaban J connectivity index is 2.26. The van der Waals surface area contributed by atoms with Crippen LogP contribution in [-0.4, -0.2) is 6.61 Å². The van der Waals surface area contributed by atoms with Crippen molar-refractivity contribution in [3.63, 3.8) is 0 Å². The molecule has 0 amide bonds. The van der Waals surface area contributed by atoms with Gasteiger partial charge in [0.15, 0.2) is 0 Å². The molecular weight excluding hydrogens is 198 g/mol. The van der Waals surface area contributed by atoms with E-state index in [0.717, 1.165) is 6.61 Å². The van der Waals surface area contributed by atoms with Crippen LogP contribution in [0.3, 0.4) is 0 Å². The molecule has 16 heavy (non-hydrogen) atoms. The standard InChI is InChI=1S/C14H23NO/c1-3-4-12(2)10-16-11-14-7-5-13(9-15)6-8-14/h5-8,12H,3-4,9-11,15H2,1-2H3. The summed E-state index contributed by atoms with van der Waals surface area (Å²) in [5.41, 5.74) is 7.93. The molecule has 0 radical (unpaired) electrons. The maximum Gasteiger partial charge on any atom is 0.0717 e. The van der Waals surface area contributed by atoms with Crippen molar-refractivity contribution in [2.24, 2.45) is 11.7 Å². The molecule has 2 heteroatoms. The number of hydrogen-bond donors (Lipinski definition) is 1. The maximum absolute atomic E-state index is 5.68. The van der Waals surface area contributed by atoms with Crippen LogP contribution in [0.2, 0.25) is 0 Å². The first-order chi connectivity index (χ1) is 7.76. The predicted molar refractivity (Wildman–Crippen MR) is 68.1 cm³/mol. The van der Waals surface area contributed by atoms with E-state index in [2.05, 4.69) is 38.1 Å². The van der Waals surface area contributed by atoms with Crippen molar-refractivity contribution in [1.29, 1.82) is 0 Å². The predicted octanol–water partition coefficient (Wildman–Crippen LogP) is 3.10. The lowest BCUT2D eigenvalue weighted by atomic mass is 10.1. The number of benzene rings is 1. The van der Waals surface area contributed by atoms with Gasteiger partial charge >= 0.3 is 0 Å². The Labute approximate surface area is 98.8 Å². The first kappa shape index (κ1) is 13.2. The minimum Gasteiger partial charge on any atom is -0.376 e. The first-order valence-corrected chi connectivity index (χ1v) is 6.12. The smallest absolute Gasteiger partial charge is 0.0717 e. The van der Waals surface area contributed by atoms with E-state index in [-0.39, 0.29) is 0 Å². The van der Waals surface area contributed by atoms with Crippen LogP contribution < -0.4 is 5.73 Å². The molecule has 1 unspecified atom stereocenters. The van der Waals surface area contributed by atoms with Crippen molar-refractivity contribution in [3.05, 3.63) is 35.4 Å². The van der Waals surface area contributed by atoms with Crippen LogP contribution in [0.25, 0.3) is 0 Å². The summed E-state index contributed by atoms with van der Waals surface area (Å²) in [6.07, 6.45) is 2.47. The molecule has 0 aliphatic carbocycles. The Morgan fingerprint density at radius 2 is 1.81 bits per heavy atom. The van der Waals surface area contributed by atoms with E-state index >= 15 is 0 Å². The fourth-order valence-corrected chi connectivity index (χ4v) is 1.73. The van der Waals surface area contributed by atoms with Crippen molar-refractivity contribution in [3.8, 4) is 0 Å². The van der Waals surface area contributed by atoms with Crippen molar-refractivity contribution in [2.45, 2.75) is 39.8 Å². The summed E-state index contributed by atoms with van der Waals surface area (Å²) in [6, 6.07) is 8.31. The molecule has 0 spiro atoms. The number of ether oxygens (including phenoxy) is 1. The molecule has 0 heterocycles. The number of rotatable bonds is 7. The highest BCUT2D eigenvalue weighted by Crippen LogP contribution is 2.09. The third kappa shape index (κ3) is 4.77. The summed E-state index contributed by atoms with van der Waals surface area (Å²) in [5, 5.41) is 0. The fraction of sp³-hybridized carbons (Fsp3) is 0.571. The molecule has 0 saturated heterocycles. The van der Waals surface area contributed by atoms with Crippen molar-refractivity contribution >= 4 is 0 Å². The van der Waals surface area contributed by atoms with Gasteiger partial charge in [-0.3, -0.25) is 0 Å². The monoisotopic (exact) mass is 221 g/mol. The van der Waals surface area contributed by atoms with Crippen LogP contribution in [0.1, 0.15) is 37.8 Å². The van der Waals surface area contributed by atoms with E-state index in [1.54, 1.807) is 0 Å². The number of hydrogen-bond acceptors (Lipinski definition) is 2. The average molecular weight is 221 g/mol. The Hall–Kier alpha value is -0.860. The van der Waals surface area contributed by atoms with Crippen LogP contribution in [0.4, 0.5) is 0 Å². The molecule has 0 saturated carbocycles. The van der Waals surface area contributed by atoms with E-state index in [0.29, 0.717) is 19.1 Å². The molecule has 0 aromatic heterocycles. The summed E-state index contributed by atoms with van der Waals surface area (Å²) >= 11 is 0. The third-order valence-electron chi connectivity index (χ3n) is 2.71. The lowest BCUT2D eigenvalue weighted by Crippen LogP contribution is -2.05. The minimum absolute atomic E-state index is 0.606. The quantitative estimate of drug-likeness (QED) is 0.768. The molecule has 2 N–H and O–H groups in total. The summed E-state index contributed by atoms with van der Waals surface area (Å²) in [7, 11) is 0. The van der Waals surface area contributed by atoms with Crippen molar-refractivity contribution < 1.29 is 4.74 Å². The molecule has 0 aliphatic heterocycles. The van der Waals surface area contributed by atoms with E-state index < -0.39 is 0 Å². The third-order valence-corrected chi connectivity index (χ3v) is 2.71. The van der Waals surface area contributed by atoms with Gasteiger partial charge in [-0.15, -0.1) is 0 Å². The van der Waals surface area contributed by atoms with Crippen LogP contribution in [-0.2, 0) is 17.9 Å². The minimum atomic E-state index is 0.606. The Kier molecular flexibility index (Phi) is 6.12. The van der Waals surface area contributed by atoms with E-state index in [1.165, 1.54) is 24.0 Å². The first-order valence-electron chi connectivity index (χ1n) is 6.12. The summed E-state index contributed by atoms with van der Waals surface area (Å²) in [5.74, 6) is 0.660. The number of nitrogens with two attached hydrogens (primary N) is 1. The second-order valence-corrected chi connectivity index (χ2v) is 4.43. The highest BCUT2D eigenvalue weighted by molar-refractivity contribution is 5.21. The molecule has 2 nitrogen and oxygen atoms in total. The topological polar surface area (TPSA) is 35.2 Å². The Morgan fingerprint density at radius 1 is 1.19 bits per heavy atom. The highest BCUT2D eigenvalue weighted by Gasteiger charge is 2.00.